The highest BCUT2D eigenvalue weighted by molar-refractivity contribution is 5.74. The van der Waals surface area contributed by atoms with Gasteiger partial charge in [0.15, 0.2) is 0 Å². The fourth-order valence-electron chi connectivity index (χ4n) is 4.90. The van der Waals surface area contributed by atoms with Crippen LogP contribution in [0.4, 0.5) is 0 Å². The highest BCUT2D eigenvalue weighted by Gasteiger charge is 2.39. The molecule has 0 N–H and O–H groups in total. The van der Waals surface area contributed by atoms with Crippen molar-refractivity contribution in [3.63, 3.8) is 0 Å². The smallest absolute Gasteiger partial charge is 0.126 e. The van der Waals surface area contributed by atoms with Crippen LogP contribution in [0.5, 0.6) is 11.5 Å². The zero-order valence-electron chi connectivity index (χ0n) is 19.2. The van der Waals surface area contributed by atoms with E-state index >= 15 is 0 Å². The molecule has 3 aromatic carbocycles. The Morgan fingerprint density at radius 3 is 2.45 bits per heavy atom. The second-order valence-electron chi connectivity index (χ2n) is 8.96. The Bertz CT molecular complexity index is 1100. The van der Waals surface area contributed by atoms with Crippen molar-refractivity contribution in [1.82, 2.24) is 4.90 Å². The van der Waals surface area contributed by atoms with Crippen molar-refractivity contribution in [2.75, 3.05) is 26.8 Å². The quantitative estimate of drug-likeness (QED) is 0.469. The van der Waals surface area contributed by atoms with Crippen LogP contribution in [-0.2, 0) is 17.9 Å². The number of piperidine rings is 1. The predicted molar refractivity (Wildman–Crippen MR) is 131 cm³/mol. The zero-order valence-corrected chi connectivity index (χ0v) is 19.2. The summed E-state index contributed by atoms with van der Waals surface area (Å²) in [4.78, 5) is 2.51. The van der Waals surface area contributed by atoms with Gasteiger partial charge in [-0.1, -0.05) is 60.7 Å². The summed E-state index contributed by atoms with van der Waals surface area (Å²) in [5, 5.41) is 0. The lowest BCUT2D eigenvalue weighted by Crippen LogP contribution is -2.46. The van der Waals surface area contributed by atoms with E-state index in [-0.39, 0.29) is 5.60 Å². The summed E-state index contributed by atoms with van der Waals surface area (Å²) in [7, 11) is 1.72. The van der Waals surface area contributed by atoms with Gasteiger partial charge in [-0.3, -0.25) is 4.90 Å². The van der Waals surface area contributed by atoms with Crippen LogP contribution in [0.1, 0.15) is 29.5 Å². The van der Waals surface area contributed by atoms with Crippen molar-refractivity contribution in [2.45, 2.75) is 31.6 Å². The van der Waals surface area contributed by atoms with E-state index in [1.54, 1.807) is 7.11 Å². The first kappa shape index (κ1) is 21.7. The number of rotatable bonds is 7. The molecule has 2 aliphatic rings. The Kier molecular flexibility index (Phi) is 6.47. The molecule has 0 aromatic heterocycles. The van der Waals surface area contributed by atoms with Gasteiger partial charge in [0.25, 0.3) is 0 Å². The summed E-state index contributed by atoms with van der Waals surface area (Å²) < 4.78 is 18.2. The van der Waals surface area contributed by atoms with E-state index < -0.39 is 0 Å². The van der Waals surface area contributed by atoms with Gasteiger partial charge in [-0.2, -0.15) is 0 Å². The molecule has 2 heterocycles. The third-order valence-electron chi connectivity index (χ3n) is 6.53. The third kappa shape index (κ3) is 5.13. The summed E-state index contributed by atoms with van der Waals surface area (Å²) in [5.41, 5.74) is 4.51. The number of hydrogen-bond acceptors (Lipinski definition) is 4. The summed E-state index contributed by atoms with van der Waals surface area (Å²) in [6.45, 7) is 4.12. The lowest BCUT2D eigenvalue weighted by Gasteiger charge is -2.38. The number of methoxy groups -OCH3 is 1. The molecule has 0 amide bonds. The molecule has 0 aliphatic carbocycles. The average Bonchev–Trinajstić information content (AvgIpc) is 3.26. The van der Waals surface area contributed by atoms with Crippen LogP contribution in [-0.4, -0.2) is 37.3 Å². The van der Waals surface area contributed by atoms with Gasteiger partial charge in [0.05, 0.1) is 13.7 Å². The van der Waals surface area contributed by atoms with Crippen LogP contribution in [0.3, 0.4) is 0 Å². The molecular formula is C29H31NO3. The number of benzene rings is 3. The standard InChI is InChI=1S/C29H31NO3/c1-31-28-14-13-26(32-20-24-11-6-3-7-12-24)17-27(28)25-18-29(33-21-25)15-8-16-30(22-29)19-23-9-4-2-5-10-23/h2-7,9-14,17-18H,8,15-16,19-22H2,1H3. The fourth-order valence-corrected chi connectivity index (χ4v) is 4.90. The Labute approximate surface area is 196 Å². The second-order valence-corrected chi connectivity index (χ2v) is 8.96. The lowest BCUT2D eigenvalue weighted by atomic mass is 9.90. The van der Waals surface area contributed by atoms with E-state index in [4.69, 9.17) is 14.2 Å². The first-order valence-electron chi connectivity index (χ1n) is 11.7. The van der Waals surface area contributed by atoms with Gasteiger partial charge in [0, 0.05) is 18.7 Å². The molecule has 170 valence electrons. The van der Waals surface area contributed by atoms with Crippen LogP contribution < -0.4 is 9.47 Å². The minimum absolute atomic E-state index is 0.228. The van der Waals surface area contributed by atoms with Gasteiger partial charge in [0.1, 0.15) is 23.7 Å². The summed E-state index contributed by atoms with van der Waals surface area (Å²) in [6, 6.07) is 27.0. The lowest BCUT2D eigenvalue weighted by molar-refractivity contribution is -0.0328. The molecule has 2 aliphatic heterocycles. The molecule has 5 rings (SSSR count). The van der Waals surface area contributed by atoms with Gasteiger partial charge >= 0.3 is 0 Å². The SMILES string of the molecule is COc1ccc(OCc2ccccc2)cc1C1=CC2(CCCN(Cc3ccccc3)C2)OC1. The van der Waals surface area contributed by atoms with E-state index in [0.717, 1.165) is 55.1 Å². The van der Waals surface area contributed by atoms with Gasteiger partial charge < -0.3 is 14.2 Å². The van der Waals surface area contributed by atoms with Gasteiger partial charge in [0.2, 0.25) is 0 Å². The maximum Gasteiger partial charge on any atom is 0.126 e. The minimum Gasteiger partial charge on any atom is -0.496 e. The van der Waals surface area contributed by atoms with Gasteiger partial charge in [-0.25, -0.2) is 0 Å². The highest BCUT2D eigenvalue weighted by Crippen LogP contribution is 2.40. The molecular weight excluding hydrogens is 410 g/mol. The van der Waals surface area contributed by atoms with Crippen LogP contribution in [0.15, 0.2) is 84.9 Å². The first-order chi connectivity index (χ1) is 16.2. The summed E-state index contributed by atoms with van der Waals surface area (Å²) in [5.74, 6) is 1.69. The topological polar surface area (TPSA) is 30.9 Å². The van der Waals surface area contributed by atoms with Crippen LogP contribution in [0.25, 0.3) is 5.57 Å². The molecule has 4 heteroatoms. The molecule has 33 heavy (non-hydrogen) atoms. The largest absolute Gasteiger partial charge is 0.496 e. The first-order valence-corrected chi connectivity index (χ1v) is 11.7. The molecule has 0 radical (unpaired) electrons. The molecule has 1 spiro atoms. The summed E-state index contributed by atoms with van der Waals surface area (Å²) >= 11 is 0. The fraction of sp³-hybridized carbons (Fsp3) is 0.310. The van der Waals surface area contributed by atoms with Crippen molar-refractivity contribution in [3.05, 3.63) is 102 Å². The number of ether oxygens (including phenoxy) is 3. The van der Waals surface area contributed by atoms with E-state index in [0.29, 0.717) is 13.2 Å². The van der Waals surface area contributed by atoms with Crippen molar-refractivity contribution in [3.8, 4) is 11.5 Å². The predicted octanol–water partition coefficient (Wildman–Crippen LogP) is 5.72. The highest BCUT2D eigenvalue weighted by atomic mass is 16.5. The normalized spacial score (nSPS) is 20.6. The molecule has 1 unspecified atom stereocenters. The average molecular weight is 442 g/mol. The van der Waals surface area contributed by atoms with Crippen molar-refractivity contribution >= 4 is 5.57 Å². The van der Waals surface area contributed by atoms with Crippen molar-refractivity contribution in [2.24, 2.45) is 0 Å². The van der Waals surface area contributed by atoms with E-state index in [2.05, 4.69) is 59.5 Å². The summed E-state index contributed by atoms with van der Waals surface area (Å²) in [6.07, 6.45) is 4.52. The third-order valence-corrected chi connectivity index (χ3v) is 6.53. The van der Waals surface area contributed by atoms with E-state index in [1.165, 1.54) is 11.1 Å². The molecule has 1 fully saturated rings. The Morgan fingerprint density at radius 1 is 0.939 bits per heavy atom. The molecule has 3 aromatic rings. The molecule has 1 saturated heterocycles. The maximum atomic E-state index is 6.45. The van der Waals surface area contributed by atoms with Crippen LogP contribution in [0, 0.1) is 0 Å². The van der Waals surface area contributed by atoms with E-state index in [9.17, 15) is 0 Å². The van der Waals surface area contributed by atoms with Gasteiger partial charge in [-0.05, 0) is 60.4 Å². The van der Waals surface area contributed by atoms with Crippen molar-refractivity contribution < 1.29 is 14.2 Å². The minimum atomic E-state index is -0.228. The molecule has 0 bridgehead atoms. The Balaban J connectivity index is 1.33. The maximum absolute atomic E-state index is 6.45. The molecule has 1 atom stereocenters. The number of hydrogen-bond donors (Lipinski definition) is 0. The molecule has 0 saturated carbocycles. The Hall–Kier alpha value is -3.08. The van der Waals surface area contributed by atoms with Crippen LogP contribution in [0.2, 0.25) is 0 Å². The van der Waals surface area contributed by atoms with Crippen LogP contribution >= 0.6 is 0 Å². The number of likely N-dealkylation sites (tertiary alicyclic amines) is 1. The van der Waals surface area contributed by atoms with Gasteiger partial charge in [-0.15, -0.1) is 0 Å². The Morgan fingerprint density at radius 2 is 1.70 bits per heavy atom. The zero-order chi connectivity index (χ0) is 22.5. The molecule has 4 nitrogen and oxygen atoms in total. The van der Waals surface area contributed by atoms with E-state index in [1.807, 2.05) is 30.3 Å². The van der Waals surface area contributed by atoms with Crippen molar-refractivity contribution in [1.29, 1.82) is 0 Å². The monoisotopic (exact) mass is 441 g/mol. The second kappa shape index (κ2) is 9.82. The number of nitrogens with zero attached hydrogens (tertiary/aromatic N) is 1.